The predicted molar refractivity (Wildman–Crippen MR) is 100 cm³/mol. The summed E-state index contributed by atoms with van der Waals surface area (Å²) in [6.07, 6.45) is -15.7. The Morgan fingerprint density at radius 3 is 1.94 bits per heavy atom. The van der Waals surface area contributed by atoms with Gasteiger partial charge in [-0.05, 0) is 12.1 Å². The zero-order valence-electron chi connectivity index (χ0n) is 16.5. The standard InChI is InChI=1S/C18H25NO13/c20-5-9-11(22)12(23)14(25)18(30-9)32-16-10(6-21)31-17(15(26)13(16)24)29-8-3-1-7(2-4-8)19(27)28/h1-4,9-18,20-26H,5-6H2/t9-,10+,11-,12-,13+,14+,15+,16+,17+,18+/m1/s1. The van der Waals surface area contributed by atoms with Gasteiger partial charge >= 0.3 is 0 Å². The van der Waals surface area contributed by atoms with Crippen LogP contribution in [-0.4, -0.2) is 115 Å². The second-order valence-electron chi connectivity index (χ2n) is 7.37. The molecule has 14 nitrogen and oxygen atoms in total. The molecule has 1 aromatic carbocycles. The van der Waals surface area contributed by atoms with Crippen molar-refractivity contribution < 1.29 is 59.6 Å². The minimum Gasteiger partial charge on any atom is -0.462 e. The minimum atomic E-state index is -1.77. The van der Waals surface area contributed by atoms with Crippen molar-refractivity contribution >= 4 is 5.69 Å². The van der Waals surface area contributed by atoms with Crippen LogP contribution in [0.4, 0.5) is 5.69 Å². The van der Waals surface area contributed by atoms with E-state index in [1.165, 1.54) is 12.1 Å². The number of rotatable bonds is 7. The summed E-state index contributed by atoms with van der Waals surface area (Å²) in [5.41, 5.74) is -0.191. The lowest BCUT2D eigenvalue weighted by atomic mass is 9.97. The van der Waals surface area contributed by atoms with Crippen LogP contribution in [-0.2, 0) is 14.2 Å². The fraction of sp³-hybridized carbons (Fsp3) is 0.667. The smallest absolute Gasteiger partial charge is 0.269 e. The van der Waals surface area contributed by atoms with E-state index in [4.69, 9.17) is 18.9 Å². The van der Waals surface area contributed by atoms with Gasteiger partial charge in [-0.3, -0.25) is 10.1 Å². The fourth-order valence-corrected chi connectivity index (χ4v) is 3.43. The van der Waals surface area contributed by atoms with Gasteiger partial charge in [-0.2, -0.15) is 0 Å². The van der Waals surface area contributed by atoms with Gasteiger partial charge in [0, 0.05) is 12.1 Å². The number of hydrogen-bond donors (Lipinski definition) is 7. The first-order valence-electron chi connectivity index (χ1n) is 9.67. The number of aliphatic hydroxyl groups excluding tert-OH is 7. The highest BCUT2D eigenvalue weighted by Crippen LogP contribution is 2.30. The molecule has 1 aromatic rings. The maximum Gasteiger partial charge on any atom is 0.269 e. The molecule has 14 heteroatoms. The molecule has 2 saturated heterocycles. The monoisotopic (exact) mass is 463 g/mol. The zero-order valence-corrected chi connectivity index (χ0v) is 16.5. The molecule has 180 valence electrons. The average molecular weight is 463 g/mol. The molecule has 2 aliphatic heterocycles. The molecule has 0 aromatic heterocycles. The molecule has 2 aliphatic rings. The van der Waals surface area contributed by atoms with E-state index in [0.717, 1.165) is 12.1 Å². The Morgan fingerprint density at radius 2 is 1.38 bits per heavy atom. The highest BCUT2D eigenvalue weighted by atomic mass is 16.7. The van der Waals surface area contributed by atoms with Crippen molar-refractivity contribution in [2.75, 3.05) is 13.2 Å². The largest absolute Gasteiger partial charge is 0.462 e. The Kier molecular flexibility index (Phi) is 7.94. The van der Waals surface area contributed by atoms with Crippen molar-refractivity contribution in [2.45, 2.75) is 61.4 Å². The lowest BCUT2D eigenvalue weighted by Gasteiger charge is -2.45. The average Bonchev–Trinajstić information content (AvgIpc) is 2.79. The number of ether oxygens (including phenoxy) is 4. The van der Waals surface area contributed by atoms with Crippen molar-refractivity contribution in [3.63, 3.8) is 0 Å². The van der Waals surface area contributed by atoms with Crippen LogP contribution in [0.5, 0.6) is 5.75 Å². The van der Waals surface area contributed by atoms with Gasteiger partial charge in [0.2, 0.25) is 6.29 Å². The summed E-state index contributed by atoms with van der Waals surface area (Å²) in [6, 6.07) is 4.83. The van der Waals surface area contributed by atoms with Crippen molar-refractivity contribution in [1.82, 2.24) is 0 Å². The Labute approximate surface area is 180 Å². The summed E-state index contributed by atoms with van der Waals surface area (Å²) in [7, 11) is 0. The number of aliphatic hydroxyl groups is 7. The molecular formula is C18H25NO13. The molecule has 3 rings (SSSR count). The topological polar surface area (TPSA) is 222 Å². The molecule has 32 heavy (non-hydrogen) atoms. The zero-order chi connectivity index (χ0) is 23.6. The number of benzene rings is 1. The molecule has 0 aliphatic carbocycles. The van der Waals surface area contributed by atoms with E-state index >= 15 is 0 Å². The van der Waals surface area contributed by atoms with E-state index in [-0.39, 0.29) is 11.4 Å². The molecule has 10 atom stereocenters. The van der Waals surface area contributed by atoms with Crippen molar-refractivity contribution in [2.24, 2.45) is 0 Å². The van der Waals surface area contributed by atoms with Crippen LogP contribution < -0.4 is 4.74 Å². The summed E-state index contributed by atoms with van der Waals surface area (Å²) in [5.74, 6) is 0.0804. The first-order chi connectivity index (χ1) is 15.2. The highest BCUT2D eigenvalue weighted by molar-refractivity contribution is 5.36. The van der Waals surface area contributed by atoms with Crippen LogP contribution in [0, 0.1) is 10.1 Å². The molecule has 0 amide bonds. The summed E-state index contributed by atoms with van der Waals surface area (Å²) in [4.78, 5) is 10.1. The Bertz CT molecular complexity index is 760. The summed E-state index contributed by atoms with van der Waals surface area (Å²) in [6.45, 7) is -1.42. The predicted octanol–water partition coefficient (Wildman–Crippen LogP) is -3.40. The second kappa shape index (κ2) is 10.3. The van der Waals surface area contributed by atoms with Gasteiger partial charge in [0.15, 0.2) is 6.29 Å². The quantitative estimate of drug-likeness (QED) is 0.155. The third-order valence-corrected chi connectivity index (χ3v) is 5.26. The van der Waals surface area contributed by atoms with E-state index in [0.29, 0.717) is 0 Å². The number of nitrogens with zero attached hydrogens (tertiary/aromatic N) is 1. The molecule has 2 fully saturated rings. The van der Waals surface area contributed by atoms with Crippen LogP contribution in [0.1, 0.15) is 0 Å². The van der Waals surface area contributed by atoms with Crippen molar-refractivity contribution in [3.8, 4) is 5.75 Å². The summed E-state index contributed by atoms with van der Waals surface area (Å²) < 4.78 is 21.5. The molecule has 0 spiro atoms. The van der Waals surface area contributed by atoms with E-state index in [1.54, 1.807) is 0 Å². The third kappa shape index (κ3) is 4.99. The van der Waals surface area contributed by atoms with E-state index in [2.05, 4.69) is 0 Å². The first kappa shape index (κ1) is 24.7. The molecule has 2 heterocycles. The normalized spacial score (nSPS) is 40.1. The lowest BCUT2D eigenvalue weighted by Crippen LogP contribution is -2.65. The van der Waals surface area contributed by atoms with Gasteiger partial charge in [-0.25, -0.2) is 0 Å². The fourth-order valence-electron chi connectivity index (χ4n) is 3.43. The van der Waals surface area contributed by atoms with Crippen molar-refractivity contribution in [3.05, 3.63) is 34.4 Å². The summed E-state index contributed by atoms with van der Waals surface area (Å²) >= 11 is 0. The van der Waals surface area contributed by atoms with E-state index < -0.39 is 79.5 Å². The minimum absolute atomic E-state index is 0.0804. The van der Waals surface area contributed by atoms with Gasteiger partial charge in [0.05, 0.1) is 18.1 Å². The highest BCUT2D eigenvalue weighted by Gasteiger charge is 2.51. The van der Waals surface area contributed by atoms with E-state index in [9.17, 15) is 45.9 Å². The Morgan fingerprint density at radius 1 is 0.812 bits per heavy atom. The maximum atomic E-state index is 10.7. The van der Waals surface area contributed by atoms with Crippen molar-refractivity contribution in [1.29, 1.82) is 0 Å². The Hall–Kier alpha value is -1.98. The SMILES string of the molecule is O=[N+]([O-])c1ccc(O[C@H]2O[C@@H](CO)[C@H](O[C@@H]3O[C@H](CO)[C@@H](O)[C@@H](O)[C@@H]3O)[C@@H](O)[C@@H]2O)cc1. The second-order valence-corrected chi connectivity index (χ2v) is 7.37. The van der Waals surface area contributed by atoms with Gasteiger partial charge in [0.25, 0.3) is 5.69 Å². The molecule has 0 radical (unpaired) electrons. The Balaban J connectivity index is 1.70. The van der Waals surface area contributed by atoms with Crippen LogP contribution >= 0.6 is 0 Å². The van der Waals surface area contributed by atoms with E-state index in [1.807, 2.05) is 0 Å². The van der Waals surface area contributed by atoms with Gasteiger partial charge < -0.3 is 54.7 Å². The maximum absolute atomic E-state index is 10.7. The number of hydrogen-bond acceptors (Lipinski definition) is 13. The molecule has 0 saturated carbocycles. The molecule has 0 bridgehead atoms. The number of non-ortho nitro benzene ring substituents is 1. The lowest BCUT2D eigenvalue weighted by molar-refractivity contribution is -0.384. The number of nitro groups is 1. The first-order valence-corrected chi connectivity index (χ1v) is 9.67. The van der Waals surface area contributed by atoms with Gasteiger partial charge in [0.1, 0.15) is 54.6 Å². The van der Waals surface area contributed by atoms with Gasteiger partial charge in [-0.15, -0.1) is 0 Å². The van der Waals surface area contributed by atoms with Crippen LogP contribution in [0.25, 0.3) is 0 Å². The molecule has 7 N–H and O–H groups in total. The number of nitro benzene ring substituents is 1. The third-order valence-electron chi connectivity index (χ3n) is 5.26. The molecular weight excluding hydrogens is 438 g/mol. The summed E-state index contributed by atoms with van der Waals surface area (Å²) in [5, 5.41) is 80.4. The van der Waals surface area contributed by atoms with Crippen LogP contribution in [0.15, 0.2) is 24.3 Å². The van der Waals surface area contributed by atoms with Crippen LogP contribution in [0.2, 0.25) is 0 Å². The van der Waals surface area contributed by atoms with Crippen LogP contribution in [0.3, 0.4) is 0 Å². The van der Waals surface area contributed by atoms with Gasteiger partial charge in [-0.1, -0.05) is 0 Å². The molecule has 0 unspecified atom stereocenters.